The Hall–Kier alpha value is -0.120. The quantitative estimate of drug-likeness (QED) is 0.703. The van der Waals surface area contributed by atoms with Gasteiger partial charge in [-0.3, -0.25) is 0 Å². The van der Waals surface area contributed by atoms with Crippen LogP contribution in [-0.2, 0) is 0 Å². The molecule has 0 amide bonds. The van der Waals surface area contributed by atoms with Crippen molar-refractivity contribution < 1.29 is 5.11 Å². The maximum absolute atomic E-state index is 11.3. The largest absolute Gasteiger partial charge is 0.389 e. The van der Waals surface area contributed by atoms with Crippen LogP contribution >= 0.6 is 0 Å². The van der Waals surface area contributed by atoms with Gasteiger partial charge in [-0.1, -0.05) is 26.2 Å². The first-order valence-electron chi connectivity index (χ1n) is 7.32. The van der Waals surface area contributed by atoms with Crippen LogP contribution in [0.15, 0.2) is 0 Å². The van der Waals surface area contributed by atoms with Gasteiger partial charge < -0.3 is 16.2 Å². The van der Waals surface area contributed by atoms with Gasteiger partial charge in [0, 0.05) is 24.4 Å². The molecular formula is C14H28N2O. The molecule has 1 saturated heterocycles. The third-order valence-electron chi connectivity index (χ3n) is 5.36. The van der Waals surface area contributed by atoms with E-state index in [-0.39, 0.29) is 5.41 Å². The summed E-state index contributed by atoms with van der Waals surface area (Å²) in [6.45, 7) is 4.74. The molecule has 1 saturated carbocycles. The van der Waals surface area contributed by atoms with Crippen LogP contribution in [0.1, 0.15) is 51.9 Å². The zero-order chi connectivity index (χ0) is 12.4. The van der Waals surface area contributed by atoms with E-state index >= 15 is 0 Å². The van der Waals surface area contributed by atoms with Crippen LogP contribution in [0.25, 0.3) is 0 Å². The molecule has 0 spiro atoms. The highest BCUT2D eigenvalue weighted by atomic mass is 16.3. The van der Waals surface area contributed by atoms with E-state index in [2.05, 4.69) is 12.2 Å². The summed E-state index contributed by atoms with van der Waals surface area (Å²) in [5.41, 5.74) is 5.56. The van der Waals surface area contributed by atoms with E-state index in [9.17, 15) is 5.11 Å². The number of piperidine rings is 1. The van der Waals surface area contributed by atoms with E-state index in [1.165, 1.54) is 19.3 Å². The predicted octanol–water partition coefficient (Wildman–Crippen LogP) is 1.65. The highest BCUT2D eigenvalue weighted by molar-refractivity contribution is 5.06. The van der Waals surface area contributed by atoms with E-state index < -0.39 is 5.60 Å². The Labute approximate surface area is 105 Å². The second-order valence-electron chi connectivity index (χ2n) is 6.03. The molecule has 0 radical (unpaired) electrons. The summed E-state index contributed by atoms with van der Waals surface area (Å²) in [6.07, 6.45) is 7.96. The maximum atomic E-state index is 11.3. The Morgan fingerprint density at radius 1 is 1.24 bits per heavy atom. The SMILES string of the molecule is CCC1CNCCC1(O)C1(CN)CCCCC1. The summed E-state index contributed by atoms with van der Waals surface area (Å²) < 4.78 is 0. The van der Waals surface area contributed by atoms with Crippen LogP contribution < -0.4 is 11.1 Å². The van der Waals surface area contributed by atoms with Crippen LogP contribution in [0, 0.1) is 11.3 Å². The molecule has 3 nitrogen and oxygen atoms in total. The van der Waals surface area contributed by atoms with E-state index in [0.29, 0.717) is 12.5 Å². The molecular weight excluding hydrogens is 212 g/mol. The first-order chi connectivity index (χ1) is 8.18. The van der Waals surface area contributed by atoms with Crippen LogP contribution in [0.5, 0.6) is 0 Å². The average Bonchev–Trinajstić information content (AvgIpc) is 2.40. The lowest BCUT2D eigenvalue weighted by Crippen LogP contribution is -2.63. The minimum absolute atomic E-state index is 0.00593. The monoisotopic (exact) mass is 240 g/mol. The van der Waals surface area contributed by atoms with Crippen molar-refractivity contribution in [2.45, 2.75) is 57.5 Å². The van der Waals surface area contributed by atoms with Gasteiger partial charge in [-0.25, -0.2) is 0 Å². The lowest BCUT2D eigenvalue weighted by molar-refractivity contribution is -0.153. The molecule has 0 aromatic heterocycles. The van der Waals surface area contributed by atoms with Crippen LogP contribution in [-0.4, -0.2) is 30.3 Å². The smallest absolute Gasteiger partial charge is 0.0767 e. The van der Waals surface area contributed by atoms with Crippen molar-refractivity contribution >= 4 is 0 Å². The molecule has 2 atom stereocenters. The standard InChI is InChI=1S/C14H28N2O/c1-2-12-10-16-9-8-14(12,17)13(11-15)6-4-3-5-7-13/h12,16-17H,2-11,15H2,1H3. The van der Waals surface area contributed by atoms with E-state index in [4.69, 9.17) is 5.73 Å². The van der Waals surface area contributed by atoms with Crippen molar-refractivity contribution in [3.63, 3.8) is 0 Å². The minimum Gasteiger partial charge on any atom is -0.389 e. The molecule has 17 heavy (non-hydrogen) atoms. The van der Waals surface area contributed by atoms with Gasteiger partial charge in [0.05, 0.1) is 5.60 Å². The summed E-state index contributed by atoms with van der Waals surface area (Å²) in [5.74, 6) is 0.373. The number of rotatable bonds is 3. The number of nitrogens with one attached hydrogen (secondary N) is 1. The number of nitrogens with two attached hydrogens (primary N) is 1. The highest BCUT2D eigenvalue weighted by Gasteiger charge is 2.53. The molecule has 2 unspecified atom stereocenters. The number of hydrogen-bond acceptors (Lipinski definition) is 3. The van der Waals surface area contributed by atoms with Crippen LogP contribution in [0.4, 0.5) is 0 Å². The molecule has 2 aliphatic rings. The first-order valence-corrected chi connectivity index (χ1v) is 7.32. The van der Waals surface area contributed by atoms with Gasteiger partial charge in [-0.05, 0) is 32.2 Å². The summed E-state index contributed by atoms with van der Waals surface area (Å²) in [7, 11) is 0. The molecule has 0 aromatic carbocycles. The third kappa shape index (κ3) is 2.13. The fourth-order valence-corrected chi connectivity index (χ4v) is 4.15. The van der Waals surface area contributed by atoms with Gasteiger partial charge in [0.1, 0.15) is 0 Å². The molecule has 0 bridgehead atoms. The Kier molecular flexibility index (Phi) is 4.11. The summed E-state index contributed by atoms with van der Waals surface area (Å²) >= 11 is 0. The van der Waals surface area contributed by atoms with Crippen molar-refractivity contribution in [1.82, 2.24) is 5.32 Å². The third-order valence-corrected chi connectivity index (χ3v) is 5.36. The first kappa shape index (κ1) is 13.3. The molecule has 1 aliphatic heterocycles. The fraction of sp³-hybridized carbons (Fsp3) is 1.00. The molecule has 100 valence electrons. The molecule has 1 aliphatic carbocycles. The van der Waals surface area contributed by atoms with Crippen molar-refractivity contribution in [1.29, 1.82) is 0 Å². The van der Waals surface area contributed by atoms with Gasteiger partial charge in [0.25, 0.3) is 0 Å². The minimum atomic E-state index is -0.526. The normalized spacial score (nSPS) is 37.9. The molecule has 0 aromatic rings. The zero-order valence-electron chi connectivity index (χ0n) is 11.2. The van der Waals surface area contributed by atoms with Gasteiger partial charge >= 0.3 is 0 Å². The van der Waals surface area contributed by atoms with Gasteiger partial charge in [-0.2, -0.15) is 0 Å². The lowest BCUT2D eigenvalue weighted by atomic mass is 9.56. The van der Waals surface area contributed by atoms with Gasteiger partial charge in [-0.15, -0.1) is 0 Å². The molecule has 3 heteroatoms. The summed E-state index contributed by atoms with van der Waals surface area (Å²) in [5, 5.41) is 14.7. The van der Waals surface area contributed by atoms with Crippen LogP contribution in [0.2, 0.25) is 0 Å². The predicted molar refractivity (Wildman–Crippen MR) is 70.8 cm³/mol. The molecule has 4 N–H and O–H groups in total. The van der Waals surface area contributed by atoms with Gasteiger partial charge in [0.15, 0.2) is 0 Å². The summed E-state index contributed by atoms with van der Waals surface area (Å²) in [6, 6.07) is 0. The fourth-order valence-electron chi connectivity index (χ4n) is 4.15. The molecule has 2 rings (SSSR count). The van der Waals surface area contributed by atoms with E-state index in [0.717, 1.165) is 38.8 Å². The van der Waals surface area contributed by atoms with Crippen molar-refractivity contribution in [2.24, 2.45) is 17.1 Å². The topological polar surface area (TPSA) is 58.3 Å². The lowest BCUT2D eigenvalue weighted by Gasteiger charge is -2.55. The van der Waals surface area contributed by atoms with Crippen molar-refractivity contribution in [2.75, 3.05) is 19.6 Å². The highest BCUT2D eigenvalue weighted by Crippen LogP contribution is 2.50. The average molecular weight is 240 g/mol. The number of hydrogen-bond donors (Lipinski definition) is 3. The Morgan fingerprint density at radius 2 is 1.94 bits per heavy atom. The van der Waals surface area contributed by atoms with Gasteiger partial charge in [0.2, 0.25) is 0 Å². The number of aliphatic hydroxyl groups is 1. The maximum Gasteiger partial charge on any atom is 0.0767 e. The Balaban J connectivity index is 2.25. The van der Waals surface area contributed by atoms with E-state index in [1.807, 2.05) is 0 Å². The van der Waals surface area contributed by atoms with Crippen molar-refractivity contribution in [3.05, 3.63) is 0 Å². The van der Waals surface area contributed by atoms with Crippen molar-refractivity contribution in [3.8, 4) is 0 Å². The van der Waals surface area contributed by atoms with Crippen LogP contribution in [0.3, 0.4) is 0 Å². The zero-order valence-corrected chi connectivity index (χ0v) is 11.2. The Bertz CT molecular complexity index is 251. The summed E-state index contributed by atoms with van der Waals surface area (Å²) in [4.78, 5) is 0. The molecule has 2 fully saturated rings. The van der Waals surface area contributed by atoms with E-state index in [1.54, 1.807) is 0 Å². The second-order valence-corrected chi connectivity index (χ2v) is 6.03. The molecule has 1 heterocycles. The Morgan fingerprint density at radius 3 is 2.53 bits per heavy atom. The second kappa shape index (κ2) is 5.25.